The van der Waals surface area contributed by atoms with Crippen LogP contribution in [0.2, 0.25) is 0 Å². The molecule has 2 heterocycles. The van der Waals surface area contributed by atoms with Crippen LogP contribution in [0.15, 0.2) is 71.8 Å². The first kappa shape index (κ1) is 18.9. The van der Waals surface area contributed by atoms with Gasteiger partial charge in [0.25, 0.3) is 5.56 Å². The van der Waals surface area contributed by atoms with Gasteiger partial charge in [0, 0.05) is 30.7 Å². The molecule has 29 heavy (non-hydrogen) atoms. The topological polar surface area (TPSA) is 68.0 Å². The van der Waals surface area contributed by atoms with Crippen molar-refractivity contribution in [3.8, 4) is 5.69 Å². The van der Waals surface area contributed by atoms with Crippen LogP contribution >= 0.6 is 0 Å². The van der Waals surface area contributed by atoms with Gasteiger partial charge >= 0.3 is 0 Å². The molecule has 0 aliphatic heterocycles. The van der Waals surface area contributed by atoms with Crippen molar-refractivity contribution in [1.29, 1.82) is 0 Å². The Morgan fingerprint density at radius 2 is 1.72 bits per heavy atom. The number of rotatable bonds is 6. The summed E-state index contributed by atoms with van der Waals surface area (Å²) in [5.41, 5.74) is 2.02. The van der Waals surface area contributed by atoms with Crippen molar-refractivity contribution < 1.29 is 0 Å². The molecule has 0 aliphatic carbocycles. The summed E-state index contributed by atoms with van der Waals surface area (Å²) < 4.78 is 3.26. The maximum Gasteiger partial charge on any atom is 0.274 e. The van der Waals surface area contributed by atoms with Crippen LogP contribution in [-0.4, -0.2) is 45.1 Å². The predicted octanol–water partition coefficient (Wildman–Crippen LogP) is 2.83. The fourth-order valence-electron chi connectivity index (χ4n) is 3.45. The lowest BCUT2D eigenvalue weighted by Gasteiger charge is -2.24. The Morgan fingerprint density at radius 3 is 2.45 bits per heavy atom. The average Bonchev–Trinajstić information content (AvgIpc) is 3.22. The molecule has 1 unspecified atom stereocenters. The summed E-state index contributed by atoms with van der Waals surface area (Å²) in [6.45, 7) is 0.628. The number of nitrogens with zero attached hydrogens (tertiary/aromatic N) is 5. The maximum absolute atomic E-state index is 12.3. The van der Waals surface area contributed by atoms with E-state index < -0.39 is 0 Å². The minimum absolute atomic E-state index is 0.0882. The third-order valence-electron chi connectivity index (χ3n) is 5.05. The first-order chi connectivity index (χ1) is 14.0. The van der Waals surface area contributed by atoms with Crippen LogP contribution in [0.1, 0.15) is 11.6 Å². The van der Waals surface area contributed by atoms with Crippen LogP contribution in [0, 0.1) is 0 Å². The van der Waals surface area contributed by atoms with E-state index in [9.17, 15) is 4.79 Å². The largest absolute Gasteiger partial charge is 0.366 e. The van der Waals surface area contributed by atoms with E-state index >= 15 is 0 Å². The van der Waals surface area contributed by atoms with Gasteiger partial charge in [-0.05, 0) is 32.3 Å². The average molecular weight is 388 g/mol. The highest BCUT2D eigenvalue weighted by atomic mass is 16.1. The number of anilines is 1. The number of aromatic nitrogens is 4. The highest BCUT2D eigenvalue weighted by Gasteiger charge is 2.18. The van der Waals surface area contributed by atoms with Crippen molar-refractivity contribution in [2.75, 3.05) is 26.0 Å². The molecule has 0 fully saturated rings. The molecular formula is C22H24N6O. The summed E-state index contributed by atoms with van der Waals surface area (Å²) in [7, 11) is 5.75. The smallest absolute Gasteiger partial charge is 0.274 e. The summed E-state index contributed by atoms with van der Waals surface area (Å²) in [5, 5.41) is 13.9. The summed E-state index contributed by atoms with van der Waals surface area (Å²) in [6.07, 6.45) is 3.94. The molecule has 0 saturated carbocycles. The summed E-state index contributed by atoms with van der Waals surface area (Å²) in [5.74, 6) is 0.699. The zero-order chi connectivity index (χ0) is 20.4. The molecule has 1 atom stereocenters. The van der Waals surface area contributed by atoms with Crippen molar-refractivity contribution in [2.45, 2.75) is 6.04 Å². The van der Waals surface area contributed by atoms with E-state index in [0.717, 1.165) is 16.6 Å². The predicted molar refractivity (Wildman–Crippen MR) is 115 cm³/mol. The highest BCUT2D eigenvalue weighted by Crippen LogP contribution is 2.22. The fourth-order valence-corrected chi connectivity index (χ4v) is 3.45. The van der Waals surface area contributed by atoms with Crippen molar-refractivity contribution in [1.82, 2.24) is 24.5 Å². The molecule has 0 saturated heterocycles. The number of benzene rings is 2. The Bertz CT molecular complexity index is 1180. The van der Waals surface area contributed by atoms with Crippen molar-refractivity contribution in [3.05, 3.63) is 82.9 Å². The summed E-state index contributed by atoms with van der Waals surface area (Å²) in [6, 6.07) is 17.7. The molecule has 2 aromatic carbocycles. The second-order valence-electron chi connectivity index (χ2n) is 7.24. The Hall–Kier alpha value is -3.45. The zero-order valence-corrected chi connectivity index (χ0v) is 16.8. The van der Waals surface area contributed by atoms with Crippen LogP contribution < -0.4 is 10.9 Å². The van der Waals surface area contributed by atoms with Crippen LogP contribution in [0.5, 0.6) is 0 Å². The highest BCUT2D eigenvalue weighted by molar-refractivity contribution is 5.90. The van der Waals surface area contributed by atoms with Crippen LogP contribution in [0.25, 0.3) is 16.5 Å². The van der Waals surface area contributed by atoms with E-state index in [4.69, 9.17) is 0 Å². The van der Waals surface area contributed by atoms with Gasteiger partial charge in [-0.25, -0.2) is 9.36 Å². The molecular weight excluding hydrogens is 364 g/mol. The Labute approximate surface area is 169 Å². The first-order valence-electron chi connectivity index (χ1n) is 9.51. The van der Waals surface area contributed by atoms with Gasteiger partial charge in [0.1, 0.15) is 0 Å². The van der Waals surface area contributed by atoms with E-state index in [0.29, 0.717) is 17.7 Å². The fraction of sp³-hybridized carbons (Fsp3) is 0.227. The zero-order valence-electron chi connectivity index (χ0n) is 16.8. The molecule has 7 heteroatoms. The molecule has 4 rings (SSSR count). The van der Waals surface area contributed by atoms with Gasteiger partial charge in [-0.2, -0.15) is 10.2 Å². The SMILES string of the molecule is CN(C)C(CNc1nn(C)c(=O)c2ccccc12)c1cnn(-c2ccccc2)c1. The molecule has 0 aliphatic rings. The van der Waals surface area contributed by atoms with Crippen LogP contribution in [-0.2, 0) is 7.05 Å². The van der Waals surface area contributed by atoms with Gasteiger partial charge in [-0.3, -0.25) is 4.79 Å². The number of nitrogens with one attached hydrogen (secondary N) is 1. The monoisotopic (exact) mass is 388 g/mol. The lowest BCUT2D eigenvalue weighted by molar-refractivity contribution is 0.311. The van der Waals surface area contributed by atoms with Gasteiger partial charge in [-0.1, -0.05) is 36.4 Å². The number of para-hydroxylation sites is 1. The second-order valence-corrected chi connectivity index (χ2v) is 7.24. The summed E-state index contributed by atoms with van der Waals surface area (Å²) >= 11 is 0. The normalized spacial score (nSPS) is 12.4. The minimum atomic E-state index is -0.0977. The van der Waals surface area contributed by atoms with E-state index in [1.807, 2.05) is 85.8 Å². The summed E-state index contributed by atoms with van der Waals surface area (Å²) in [4.78, 5) is 14.5. The van der Waals surface area contributed by atoms with Crippen molar-refractivity contribution in [3.63, 3.8) is 0 Å². The minimum Gasteiger partial charge on any atom is -0.366 e. The molecule has 0 spiro atoms. The molecule has 4 aromatic rings. The number of hydrogen-bond donors (Lipinski definition) is 1. The molecule has 0 amide bonds. The van der Waals surface area contributed by atoms with E-state index in [1.54, 1.807) is 7.05 Å². The first-order valence-corrected chi connectivity index (χ1v) is 9.51. The molecule has 2 aromatic heterocycles. The molecule has 7 nitrogen and oxygen atoms in total. The van der Waals surface area contributed by atoms with Gasteiger partial charge in [-0.15, -0.1) is 0 Å². The number of likely N-dealkylation sites (N-methyl/N-ethyl adjacent to an activating group) is 1. The lowest BCUT2D eigenvalue weighted by Crippen LogP contribution is -2.28. The Kier molecular flexibility index (Phi) is 5.14. The Morgan fingerprint density at radius 1 is 1.03 bits per heavy atom. The quantitative estimate of drug-likeness (QED) is 0.550. The van der Waals surface area contributed by atoms with E-state index in [-0.39, 0.29) is 11.6 Å². The van der Waals surface area contributed by atoms with Crippen molar-refractivity contribution in [2.24, 2.45) is 7.05 Å². The van der Waals surface area contributed by atoms with Gasteiger partial charge in [0.15, 0.2) is 5.82 Å². The van der Waals surface area contributed by atoms with Gasteiger partial charge in [0.05, 0.1) is 23.3 Å². The van der Waals surface area contributed by atoms with Gasteiger partial charge < -0.3 is 10.2 Å². The molecule has 148 valence electrons. The number of fused-ring (bicyclic) bond motifs is 1. The van der Waals surface area contributed by atoms with Crippen LogP contribution in [0.4, 0.5) is 5.82 Å². The second kappa shape index (κ2) is 7.89. The van der Waals surface area contributed by atoms with E-state index in [2.05, 4.69) is 20.4 Å². The maximum atomic E-state index is 12.3. The molecule has 0 radical (unpaired) electrons. The lowest BCUT2D eigenvalue weighted by atomic mass is 10.1. The van der Waals surface area contributed by atoms with E-state index in [1.165, 1.54) is 4.68 Å². The molecule has 0 bridgehead atoms. The third kappa shape index (κ3) is 3.77. The van der Waals surface area contributed by atoms with Crippen molar-refractivity contribution >= 4 is 16.6 Å². The number of hydrogen-bond acceptors (Lipinski definition) is 5. The Balaban J connectivity index is 1.61. The molecule has 1 N–H and O–H groups in total. The number of aryl methyl sites for hydroxylation is 1. The van der Waals surface area contributed by atoms with Crippen LogP contribution in [0.3, 0.4) is 0 Å². The van der Waals surface area contributed by atoms with Gasteiger partial charge in [0.2, 0.25) is 0 Å². The third-order valence-corrected chi connectivity index (χ3v) is 5.05. The standard InChI is InChI=1S/C22H24N6O/c1-26(2)20(16-13-24-28(15-16)17-9-5-4-6-10-17)14-23-21-18-11-7-8-12-19(18)22(29)27(3)25-21/h4-13,15,20H,14H2,1-3H3,(H,23,25).